The first-order valence-corrected chi connectivity index (χ1v) is 19.4. The minimum atomic E-state index is -2.32. The van der Waals surface area contributed by atoms with Crippen molar-refractivity contribution in [3.05, 3.63) is 12.2 Å². The van der Waals surface area contributed by atoms with Crippen LogP contribution in [0.15, 0.2) is 12.2 Å². The Morgan fingerprint density at radius 3 is 2.00 bits per heavy atom. The van der Waals surface area contributed by atoms with E-state index >= 15 is 0 Å². The van der Waals surface area contributed by atoms with Gasteiger partial charge in [-0.05, 0) is 90.4 Å². The highest BCUT2D eigenvalue weighted by atomic mass is 28.5. The highest BCUT2D eigenvalue weighted by Gasteiger charge is 2.42. The number of carbonyl (C=O) groups excluding carboxylic acids is 1. The molecule has 1 fully saturated rings. The maximum Gasteiger partial charge on any atom is 0.333 e. The molecule has 3 atom stereocenters. The summed E-state index contributed by atoms with van der Waals surface area (Å²) in [5.74, 6) is -0.299. The zero-order chi connectivity index (χ0) is 21.0. The normalized spacial score (nSPS) is 24.6. The Kier molecular flexibility index (Phi) is 8.71. The van der Waals surface area contributed by atoms with Crippen LogP contribution in [0.3, 0.4) is 0 Å². The fourth-order valence-electron chi connectivity index (χ4n) is 3.77. The predicted octanol–water partition coefficient (Wildman–Crippen LogP) is 4.80. The fraction of sp³-hybridized carbons (Fsp3) is 0.842. The van der Waals surface area contributed by atoms with E-state index in [1.807, 2.05) is 0 Å². The van der Waals surface area contributed by atoms with Gasteiger partial charge in [-0.1, -0.05) is 6.58 Å². The minimum Gasteiger partial charge on any atom is -0.456 e. The van der Waals surface area contributed by atoms with Crippen LogP contribution in [-0.4, -0.2) is 48.5 Å². The molecule has 1 saturated carbocycles. The van der Waals surface area contributed by atoms with Gasteiger partial charge in [0.15, 0.2) is 16.6 Å². The molecule has 1 aliphatic rings. The summed E-state index contributed by atoms with van der Waals surface area (Å²) < 4.78 is 18.6. The molecule has 158 valence electrons. The van der Waals surface area contributed by atoms with Gasteiger partial charge < -0.3 is 18.1 Å². The molecule has 27 heavy (non-hydrogen) atoms. The SMILES string of the molecule is C=C(C)C(=O)OC1CCC[C@H](CC[Si](C)(O[Si](C)(C)C)O[Si](C)(C)C)[C@H]1O. The van der Waals surface area contributed by atoms with Crippen LogP contribution >= 0.6 is 0 Å². The second kappa shape index (κ2) is 9.49. The monoisotopic (exact) mass is 432 g/mol. The molecule has 0 aromatic carbocycles. The molecule has 0 spiro atoms. The lowest BCUT2D eigenvalue weighted by Crippen LogP contribution is -2.53. The predicted molar refractivity (Wildman–Crippen MR) is 118 cm³/mol. The molecule has 5 nitrogen and oxygen atoms in total. The standard InChI is InChI=1S/C19H40O5Si3/c1-15(2)19(21)22-17-12-10-11-16(18(17)20)13-14-27(9,23-25(3,4)5)24-26(6,7)8/h16-18,20H,1,10-14H2,2-9H3/t16-,17?,18-/m1/s1. The average molecular weight is 433 g/mol. The van der Waals surface area contributed by atoms with Crippen molar-refractivity contribution in [2.75, 3.05) is 0 Å². The van der Waals surface area contributed by atoms with Crippen molar-refractivity contribution in [2.24, 2.45) is 5.92 Å². The summed E-state index contributed by atoms with van der Waals surface area (Å²) in [7, 11) is -5.77. The van der Waals surface area contributed by atoms with Crippen molar-refractivity contribution >= 4 is 31.2 Å². The fourth-order valence-corrected chi connectivity index (χ4v) is 16.4. The van der Waals surface area contributed by atoms with Crippen LogP contribution in [0.25, 0.3) is 0 Å². The Hall–Kier alpha value is -0.259. The molecule has 0 radical (unpaired) electrons. The van der Waals surface area contributed by atoms with E-state index in [4.69, 9.17) is 13.0 Å². The summed E-state index contributed by atoms with van der Waals surface area (Å²) in [4.78, 5) is 11.8. The Morgan fingerprint density at radius 1 is 1.04 bits per heavy atom. The van der Waals surface area contributed by atoms with Gasteiger partial charge >= 0.3 is 14.5 Å². The zero-order valence-corrected chi connectivity index (χ0v) is 21.6. The number of esters is 1. The summed E-state index contributed by atoms with van der Waals surface area (Å²) in [6, 6.07) is 0.865. The van der Waals surface area contributed by atoms with Gasteiger partial charge in [0.25, 0.3) is 0 Å². The molecule has 0 aromatic rings. The highest BCUT2D eigenvalue weighted by molar-refractivity contribution is 6.87. The molecule has 0 heterocycles. The van der Waals surface area contributed by atoms with Crippen molar-refractivity contribution in [1.82, 2.24) is 0 Å². The Bertz CT molecular complexity index is 508. The molecular weight excluding hydrogens is 392 g/mol. The van der Waals surface area contributed by atoms with Crippen molar-refractivity contribution < 1.29 is 22.9 Å². The first kappa shape index (κ1) is 24.8. The van der Waals surface area contributed by atoms with Gasteiger partial charge in [0.1, 0.15) is 6.10 Å². The van der Waals surface area contributed by atoms with E-state index in [9.17, 15) is 9.90 Å². The Labute approximate surface area is 169 Å². The zero-order valence-electron chi connectivity index (χ0n) is 18.6. The lowest BCUT2D eigenvalue weighted by atomic mass is 9.83. The number of ether oxygens (including phenoxy) is 1. The Balaban J connectivity index is 2.78. The smallest absolute Gasteiger partial charge is 0.333 e. The van der Waals surface area contributed by atoms with E-state index in [1.165, 1.54) is 0 Å². The summed E-state index contributed by atoms with van der Waals surface area (Å²) in [6.07, 6.45) is 2.41. The van der Waals surface area contributed by atoms with E-state index in [1.54, 1.807) is 6.92 Å². The van der Waals surface area contributed by atoms with Gasteiger partial charge in [0, 0.05) is 5.57 Å². The van der Waals surface area contributed by atoms with Crippen LogP contribution in [0.1, 0.15) is 32.6 Å². The molecule has 1 unspecified atom stereocenters. The van der Waals surface area contributed by atoms with Crippen LogP contribution in [0.2, 0.25) is 51.9 Å². The molecule has 0 bridgehead atoms. The van der Waals surface area contributed by atoms with E-state index in [0.717, 1.165) is 25.3 Å². The van der Waals surface area contributed by atoms with E-state index in [0.29, 0.717) is 12.0 Å². The molecule has 1 rings (SSSR count). The Morgan fingerprint density at radius 2 is 1.56 bits per heavy atom. The summed E-state index contributed by atoms with van der Waals surface area (Å²) in [5, 5.41) is 10.8. The number of hydrogen-bond acceptors (Lipinski definition) is 5. The van der Waals surface area contributed by atoms with Crippen molar-refractivity contribution in [2.45, 2.75) is 96.7 Å². The average Bonchev–Trinajstić information content (AvgIpc) is 2.44. The molecule has 0 aromatic heterocycles. The molecule has 0 amide bonds. The summed E-state index contributed by atoms with van der Waals surface area (Å²) >= 11 is 0. The first-order valence-electron chi connectivity index (χ1n) is 10.1. The van der Waals surface area contributed by atoms with Gasteiger partial charge in [-0.2, -0.15) is 0 Å². The van der Waals surface area contributed by atoms with Crippen LogP contribution in [-0.2, 0) is 17.8 Å². The third-order valence-corrected chi connectivity index (χ3v) is 14.1. The second-order valence-electron chi connectivity index (χ2n) is 10.0. The maximum absolute atomic E-state index is 11.8. The van der Waals surface area contributed by atoms with Crippen molar-refractivity contribution in [3.63, 3.8) is 0 Å². The van der Waals surface area contributed by atoms with Gasteiger partial charge in [0.2, 0.25) is 0 Å². The topological polar surface area (TPSA) is 65.0 Å². The summed E-state index contributed by atoms with van der Waals surface area (Å²) in [5.41, 5.74) is 0.372. The van der Waals surface area contributed by atoms with E-state index in [2.05, 4.69) is 52.4 Å². The number of rotatable bonds is 9. The molecular formula is C19H40O5Si3. The number of carbonyl (C=O) groups is 1. The maximum atomic E-state index is 11.8. The first-order chi connectivity index (χ1) is 12.1. The number of aliphatic hydroxyl groups is 1. The second-order valence-corrected chi connectivity index (χ2v) is 22.9. The van der Waals surface area contributed by atoms with Gasteiger partial charge in [0.05, 0.1) is 6.10 Å². The summed E-state index contributed by atoms with van der Waals surface area (Å²) in [6.45, 7) is 20.7. The largest absolute Gasteiger partial charge is 0.456 e. The van der Waals surface area contributed by atoms with Crippen molar-refractivity contribution in [3.8, 4) is 0 Å². The number of hydrogen-bond donors (Lipinski definition) is 1. The third kappa shape index (κ3) is 9.19. The van der Waals surface area contributed by atoms with Crippen LogP contribution < -0.4 is 0 Å². The number of aliphatic hydroxyl groups excluding tert-OH is 1. The lowest BCUT2D eigenvalue weighted by molar-refractivity contribution is -0.156. The van der Waals surface area contributed by atoms with Gasteiger partial charge in [-0.3, -0.25) is 0 Å². The van der Waals surface area contributed by atoms with Crippen LogP contribution in [0.4, 0.5) is 0 Å². The lowest BCUT2D eigenvalue weighted by Gasteiger charge is -2.40. The molecule has 0 saturated heterocycles. The quantitative estimate of drug-likeness (QED) is 0.322. The van der Waals surface area contributed by atoms with Gasteiger partial charge in [-0.25, -0.2) is 4.79 Å². The van der Waals surface area contributed by atoms with Crippen molar-refractivity contribution in [1.29, 1.82) is 0 Å². The molecule has 1 aliphatic carbocycles. The van der Waals surface area contributed by atoms with E-state index < -0.39 is 43.4 Å². The minimum absolute atomic E-state index is 0.115. The van der Waals surface area contributed by atoms with Crippen LogP contribution in [0.5, 0.6) is 0 Å². The molecule has 0 aliphatic heterocycles. The van der Waals surface area contributed by atoms with E-state index in [-0.39, 0.29) is 5.92 Å². The molecule has 8 heteroatoms. The third-order valence-electron chi connectivity index (χ3n) is 4.55. The molecule has 1 N–H and O–H groups in total. The highest BCUT2D eigenvalue weighted by Crippen LogP contribution is 2.34. The van der Waals surface area contributed by atoms with Gasteiger partial charge in [-0.15, -0.1) is 0 Å². The van der Waals surface area contributed by atoms with Crippen LogP contribution in [0, 0.1) is 5.92 Å².